The standard InChI is InChI=1S/C16H15N2O4P/c19-16(20)14(23(21,22)13-6-2-1-3-7-13)10-12-11-17-15-8-4-5-9-18(12)15/h1-9,11,14H,10H2,(H,19,20)(H,21,22). The van der Waals surface area contributed by atoms with E-state index in [-0.39, 0.29) is 11.7 Å². The molecule has 23 heavy (non-hydrogen) atoms. The molecule has 118 valence electrons. The van der Waals surface area contributed by atoms with E-state index < -0.39 is 19.0 Å². The SMILES string of the molecule is O=C(O)C(Cc1cnc2ccccn12)P(=O)(O)c1ccccc1. The number of aromatic nitrogens is 2. The number of carboxylic acid groups (broad SMARTS) is 1. The van der Waals surface area contributed by atoms with Gasteiger partial charge in [-0.1, -0.05) is 24.3 Å². The molecule has 0 aliphatic heterocycles. The van der Waals surface area contributed by atoms with Gasteiger partial charge in [-0.25, -0.2) is 4.98 Å². The van der Waals surface area contributed by atoms with E-state index in [1.54, 1.807) is 40.9 Å². The number of carboxylic acids is 1. The van der Waals surface area contributed by atoms with Crippen LogP contribution in [-0.2, 0) is 15.8 Å². The first-order valence-corrected chi connectivity index (χ1v) is 8.75. The first-order valence-electron chi connectivity index (χ1n) is 7.02. The second-order valence-electron chi connectivity index (χ2n) is 5.19. The molecule has 0 aliphatic rings. The predicted molar refractivity (Wildman–Crippen MR) is 86.2 cm³/mol. The van der Waals surface area contributed by atoms with E-state index in [4.69, 9.17) is 0 Å². The van der Waals surface area contributed by atoms with E-state index >= 15 is 0 Å². The normalized spacial score (nSPS) is 15.2. The largest absolute Gasteiger partial charge is 0.481 e. The van der Waals surface area contributed by atoms with Crippen LogP contribution in [0.5, 0.6) is 0 Å². The van der Waals surface area contributed by atoms with Crippen molar-refractivity contribution in [3.05, 3.63) is 66.6 Å². The van der Waals surface area contributed by atoms with Crippen molar-refractivity contribution < 1.29 is 19.4 Å². The van der Waals surface area contributed by atoms with E-state index in [9.17, 15) is 19.4 Å². The molecule has 0 saturated carbocycles. The Morgan fingerprint density at radius 2 is 1.87 bits per heavy atom. The lowest BCUT2D eigenvalue weighted by Gasteiger charge is -2.19. The van der Waals surface area contributed by atoms with Crippen molar-refractivity contribution in [2.45, 2.75) is 12.1 Å². The van der Waals surface area contributed by atoms with Crippen molar-refractivity contribution in [2.75, 3.05) is 0 Å². The van der Waals surface area contributed by atoms with Crippen LogP contribution in [0.25, 0.3) is 5.65 Å². The third-order valence-corrected chi connectivity index (χ3v) is 6.02. The molecule has 2 N–H and O–H groups in total. The number of hydrogen-bond acceptors (Lipinski definition) is 3. The van der Waals surface area contributed by atoms with Crippen LogP contribution < -0.4 is 5.30 Å². The van der Waals surface area contributed by atoms with E-state index in [0.717, 1.165) is 0 Å². The molecule has 0 amide bonds. The van der Waals surface area contributed by atoms with Crippen LogP contribution in [0.4, 0.5) is 0 Å². The van der Waals surface area contributed by atoms with E-state index in [1.807, 2.05) is 6.07 Å². The molecule has 0 spiro atoms. The Morgan fingerprint density at radius 1 is 1.17 bits per heavy atom. The first-order chi connectivity index (χ1) is 11.0. The number of pyridine rings is 1. The monoisotopic (exact) mass is 330 g/mol. The highest BCUT2D eigenvalue weighted by atomic mass is 31.2. The Balaban J connectivity index is 2.00. The topological polar surface area (TPSA) is 91.9 Å². The van der Waals surface area contributed by atoms with Gasteiger partial charge in [0.25, 0.3) is 0 Å². The molecule has 0 bridgehead atoms. The molecule has 0 radical (unpaired) electrons. The minimum absolute atomic E-state index is 0.0802. The third kappa shape index (κ3) is 2.91. The number of imidazole rings is 1. The van der Waals surface area contributed by atoms with Crippen molar-refractivity contribution in [1.82, 2.24) is 9.38 Å². The van der Waals surface area contributed by atoms with Gasteiger partial charge in [-0.05, 0) is 24.3 Å². The average molecular weight is 330 g/mol. The number of hydrogen-bond donors (Lipinski definition) is 2. The molecule has 0 aliphatic carbocycles. The summed E-state index contributed by atoms with van der Waals surface area (Å²) in [5, 5.41) is 9.62. The van der Waals surface area contributed by atoms with Gasteiger partial charge in [0.05, 0.1) is 0 Å². The Kier molecular flexibility index (Phi) is 4.03. The lowest BCUT2D eigenvalue weighted by molar-refractivity contribution is -0.136. The van der Waals surface area contributed by atoms with Crippen molar-refractivity contribution in [3.63, 3.8) is 0 Å². The zero-order valence-electron chi connectivity index (χ0n) is 12.1. The smallest absolute Gasteiger partial charge is 0.317 e. The number of rotatable bonds is 5. The summed E-state index contributed by atoms with van der Waals surface area (Å²) >= 11 is 0. The van der Waals surface area contributed by atoms with Gasteiger partial charge in [-0.2, -0.15) is 0 Å². The molecule has 0 saturated heterocycles. The summed E-state index contributed by atoms with van der Waals surface area (Å²) in [6.07, 6.45) is 3.21. The van der Waals surface area contributed by atoms with Gasteiger partial charge in [0.15, 0.2) is 0 Å². The Hall–Kier alpha value is -2.43. The Labute approximate surface area is 132 Å². The zero-order chi connectivity index (χ0) is 16.4. The summed E-state index contributed by atoms with van der Waals surface area (Å²) in [5.41, 5.74) is -0.178. The maximum absolute atomic E-state index is 12.8. The van der Waals surface area contributed by atoms with E-state index in [1.165, 1.54) is 18.3 Å². The molecule has 0 fully saturated rings. The van der Waals surface area contributed by atoms with Crippen LogP contribution in [-0.4, -0.2) is 31.0 Å². The quantitative estimate of drug-likeness (QED) is 0.698. The molecule has 3 rings (SSSR count). The fraction of sp³-hybridized carbons (Fsp3) is 0.125. The zero-order valence-corrected chi connectivity index (χ0v) is 13.0. The third-order valence-electron chi connectivity index (χ3n) is 3.73. The van der Waals surface area contributed by atoms with Gasteiger partial charge in [-0.3, -0.25) is 9.36 Å². The van der Waals surface area contributed by atoms with Gasteiger partial charge in [-0.15, -0.1) is 0 Å². The number of fused-ring (bicyclic) bond motifs is 1. The second kappa shape index (κ2) is 5.99. The molecule has 1 aromatic carbocycles. The Bertz CT molecular complexity index is 891. The Morgan fingerprint density at radius 3 is 2.57 bits per heavy atom. The van der Waals surface area contributed by atoms with Crippen LogP contribution in [0, 0.1) is 0 Å². The van der Waals surface area contributed by atoms with Gasteiger partial charge in [0, 0.05) is 29.8 Å². The lowest BCUT2D eigenvalue weighted by Crippen LogP contribution is -2.28. The molecule has 2 heterocycles. The highest BCUT2D eigenvalue weighted by molar-refractivity contribution is 7.67. The summed E-state index contributed by atoms with van der Waals surface area (Å²) in [7, 11) is -4.07. The van der Waals surface area contributed by atoms with Crippen LogP contribution in [0.3, 0.4) is 0 Å². The summed E-state index contributed by atoms with van der Waals surface area (Å²) in [6, 6.07) is 13.3. The maximum atomic E-state index is 12.8. The van der Waals surface area contributed by atoms with Crippen LogP contribution >= 0.6 is 7.37 Å². The molecule has 6 nitrogen and oxygen atoms in total. The summed E-state index contributed by atoms with van der Waals surface area (Å²) in [5.74, 6) is -1.30. The highest BCUT2D eigenvalue weighted by Crippen LogP contribution is 2.46. The van der Waals surface area contributed by atoms with Crippen LogP contribution in [0.15, 0.2) is 60.9 Å². The number of aliphatic carboxylic acids is 1. The molecule has 7 heteroatoms. The van der Waals surface area contributed by atoms with Crippen molar-refractivity contribution in [2.24, 2.45) is 0 Å². The fourth-order valence-corrected chi connectivity index (χ4v) is 4.21. The minimum atomic E-state index is -4.07. The van der Waals surface area contributed by atoms with Crippen molar-refractivity contribution >= 4 is 24.3 Å². The molecule has 3 aromatic rings. The molecule has 2 aromatic heterocycles. The summed E-state index contributed by atoms with van der Waals surface area (Å²) in [6.45, 7) is 0. The molecule has 2 atom stereocenters. The fourth-order valence-electron chi connectivity index (χ4n) is 2.52. The summed E-state index contributed by atoms with van der Waals surface area (Å²) < 4.78 is 14.5. The highest BCUT2D eigenvalue weighted by Gasteiger charge is 2.39. The number of benzene rings is 1. The van der Waals surface area contributed by atoms with Gasteiger partial charge in [0.2, 0.25) is 7.37 Å². The van der Waals surface area contributed by atoms with Crippen molar-refractivity contribution in [1.29, 1.82) is 0 Å². The first kappa shape index (κ1) is 15.5. The molecular weight excluding hydrogens is 315 g/mol. The van der Waals surface area contributed by atoms with E-state index in [0.29, 0.717) is 11.3 Å². The average Bonchev–Trinajstić information content (AvgIpc) is 2.96. The number of nitrogens with zero attached hydrogens (tertiary/aromatic N) is 2. The predicted octanol–water partition coefficient (Wildman–Crippen LogP) is 1.93. The maximum Gasteiger partial charge on any atom is 0.317 e. The van der Waals surface area contributed by atoms with Gasteiger partial charge < -0.3 is 14.4 Å². The lowest BCUT2D eigenvalue weighted by atomic mass is 10.2. The van der Waals surface area contributed by atoms with E-state index in [2.05, 4.69) is 4.98 Å². The van der Waals surface area contributed by atoms with Gasteiger partial charge >= 0.3 is 5.97 Å². The second-order valence-corrected chi connectivity index (χ2v) is 7.58. The van der Waals surface area contributed by atoms with Crippen molar-refractivity contribution in [3.8, 4) is 0 Å². The minimum Gasteiger partial charge on any atom is -0.481 e. The molecule has 2 unspecified atom stereocenters. The summed E-state index contributed by atoms with van der Waals surface area (Å²) in [4.78, 5) is 26.2. The van der Waals surface area contributed by atoms with Crippen LogP contribution in [0.1, 0.15) is 5.69 Å². The van der Waals surface area contributed by atoms with Gasteiger partial charge in [0.1, 0.15) is 11.3 Å². The molecular formula is C16H15N2O4P. The number of carbonyl (C=O) groups is 1. The van der Waals surface area contributed by atoms with Crippen LogP contribution in [0.2, 0.25) is 0 Å².